The van der Waals surface area contributed by atoms with Gasteiger partial charge in [0.25, 0.3) is 11.6 Å². The van der Waals surface area contributed by atoms with Crippen LogP contribution in [0.2, 0.25) is 0 Å². The number of nitrogens with zero attached hydrogens (tertiary/aromatic N) is 1. The molecule has 1 rings (SSSR count). The van der Waals surface area contributed by atoms with E-state index in [4.69, 9.17) is 5.11 Å². The van der Waals surface area contributed by atoms with Gasteiger partial charge in [-0.2, -0.15) is 0 Å². The Morgan fingerprint density at radius 3 is 2.24 bits per heavy atom. The van der Waals surface area contributed by atoms with Crippen LogP contribution in [-0.4, -0.2) is 27.9 Å². The SMILES string of the molecule is Cc1cc(C)c([N+](=O)[O-])cc1C(=O)NC(C(=O)O)C(C)C. The topological polar surface area (TPSA) is 110 Å². The summed E-state index contributed by atoms with van der Waals surface area (Å²) >= 11 is 0. The fraction of sp³-hybridized carbons (Fsp3) is 0.429. The standard InChI is InChI=1S/C14H18N2O5/c1-7(2)12(14(18)19)15-13(17)10-6-11(16(20)21)9(4)5-8(10)3/h5-7,12H,1-4H3,(H,15,17)(H,18,19). The molecule has 0 spiro atoms. The number of nitrogens with one attached hydrogen (secondary N) is 1. The predicted octanol–water partition coefficient (Wildman–Crippen LogP) is 2.05. The van der Waals surface area contributed by atoms with E-state index in [1.165, 1.54) is 12.1 Å². The zero-order chi connectivity index (χ0) is 16.3. The maximum Gasteiger partial charge on any atom is 0.326 e. The monoisotopic (exact) mass is 294 g/mol. The summed E-state index contributed by atoms with van der Waals surface area (Å²) in [6, 6.07) is 1.68. The maximum absolute atomic E-state index is 12.2. The van der Waals surface area contributed by atoms with E-state index < -0.39 is 22.8 Å². The molecule has 0 saturated heterocycles. The molecule has 7 nitrogen and oxygen atoms in total. The average Bonchev–Trinajstić information content (AvgIpc) is 2.34. The van der Waals surface area contributed by atoms with Crippen LogP contribution in [0.25, 0.3) is 0 Å². The normalized spacial score (nSPS) is 12.0. The van der Waals surface area contributed by atoms with Crippen molar-refractivity contribution in [3.63, 3.8) is 0 Å². The highest BCUT2D eigenvalue weighted by Crippen LogP contribution is 2.23. The van der Waals surface area contributed by atoms with Crippen molar-refractivity contribution in [2.75, 3.05) is 0 Å². The number of benzene rings is 1. The Hall–Kier alpha value is -2.44. The van der Waals surface area contributed by atoms with Crippen molar-refractivity contribution in [3.8, 4) is 0 Å². The van der Waals surface area contributed by atoms with Gasteiger partial charge in [-0.25, -0.2) is 4.79 Å². The number of amides is 1. The first-order chi connectivity index (χ1) is 9.65. The Bertz CT molecular complexity index is 595. The van der Waals surface area contributed by atoms with Crippen molar-refractivity contribution in [2.45, 2.75) is 33.7 Å². The number of rotatable bonds is 5. The summed E-state index contributed by atoms with van der Waals surface area (Å²) in [5.74, 6) is -2.07. The summed E-state index contributed by atoms with van der Waals surface area (Å²) in [5.41, 5.74) is 0.956. The third kappa shape index (κ3) is 3.77. The Balaban J connectivity index is 3.15. The third-order valence-corrected chi connectivity index (χ3v) is 3.20. The van der Waals surface area contributed by atoms with Gasteiger partial charge in [0.1, 0.15) is 6.04 Å². The third-order valence-electron chi connectivity index (χ3n) is 3.20. The van der Waals surface area contributed by atoms with Crippen molar-refractivity contribution in [2.24, 2.45) is 5.92 Å². The molecule has 2 N–H and O–H groups in total. The minimum Gasteiger partial charge on any atom is -0.480 e. The molecular formula is C14H18N2O5. The fourth-order valence-corrected chi connectivity index (χ4v) is 2.01. The van der Waals surface area contributed by atoms with Gasteiger partial charge < -0.3 is 10.4 Å². The van der Waals surface area contributed by atoms with Gasteiger partial charge in [-0.3, -0.25) is 14.9 Å². The van der Waals surface area contributed by atoms with Crippen molar-refractivity contribution in [3.05, 3.63) is 38.9 Å². The second-order valence-corrected chi connectivity index (χ2v) is 5.24. The minimum absolute atomic E-state index is 0.110. The number of aliphatic carboxylic acids is 1. The zero-order valence-corrected chi connectivity index (χ0v) is 12.3. The van der Waals surface area contributed by atoms with E-state index in [1.54, 1.807) is 27.7 Å². The van der Waals surface area contributed by atoms with E-state index >= 15 is 0 Å². The largest absolute Gasteiger partial charge is 0.480 e. The molecule has 0 aliphatic rings. The molecule has 114 valence electrons. The first-order valence-electron chi connectivity index (χ1n) is 6.44. The number of carbonyl (C=O) groups is 2. The maximum atomic E-state index is 12.2. The van der Waals surface area contributed by atoms with Crippen molar-refractivity contribution < 1.29 is 19.6 Å². The summed E-state index contributed by atoms with van der Waals surface area (Å²) in [7, 11) is 0. The number of carboxylic acid groups (broad SMARTS) is 1. The molecule has 21 heavy (non-hydrogen) atoms. The summed E-state index contributed by atoms with van der Waals surface area (Å²) < 4.78 is 0. The lowest BCUT2D eigenvalue weighted by Crippen LogP contribution is -2.44. The van der Waals surface area contributed by atoms with Gasteiger partial charge in [0, 0.05) is 17.2 Å². The lowest BCUT2D eigenvalue weighted by Gasteiger charge is -2.18. The van der Waals surface area contributed by atoms with Gasteiger partial charge in [0.2, 0.25) is 0 Å². The quantitative estimate of drug-likeness (QED) is 0.638. The van der Waals surface area contributed by atoms with E-state index in [2.05, 4.69) is 5.32 Å². The van der Waals surface area contributed by atoms with Gasteiger partial charge in [-0.15, -0.1) is 0 Å². The second-order valence-electron chi connectivity index (χ2n) is 5.24. The Labute approximate surface area is 122 Å². The number of hydrogen-bond acceptors (Lipinski definition) is 4. The molecule has 0 heterocycles. The lowest BCUT2D eigenvalue weighted by atomic mass is 10.0. The molecule has 1 atom stereocenters. The Kier molecular flexibility index (Phi) is 5.02. The van der Waals surface area contributed by atoms with Gasteiger partial charge in [0.05, 0.1) is 4.92 Å². The summed E-state index contributed by atoms with van der Waals surface area (Å²) in [5, 5.41) is 22.4. The first-order valence-corrected chi connectivity index (χ1v) is 6.44. The van der Waals surface area contributed by atoms with Gasteiger partial charge in [-0.1, -0.05) is 13.8 Å². The lowest BCUT2D eigenvalue weighted by molar-refractivity contribution is -0.385. The average molecular weight is 294 g/mol. The number of carboxylic acids is 1. The molecule has 1 aromatic carbocycles. The summed E-state index contributed by atoms with van der Waals surface area (Å²) in [4.78, 5) is 33.6. The van der Waals surface area contributed by atoms with Crippen LogP contribution in [0.1, 0.15) is 35.3 Å². The van der Waals surface area contributed by atoms with E-state index in [0.29, 0.717) is 11.1 Å². The van der Waals surface area contributed by atoms with Crippen molar-refractivity contribution in [1.29, 1.82) is 0 Å². The van der Waals surface area contributed by atoms with Crippen molar-refractivity contribution >= 4 is 17.6 Å². The Morgan fingerprint density at radius 2 is 1.81 bits per heavy atom. The highest BCUT2D eigenvalue weighted by molar-refractivity contribution is 5.98. The molecule has 7 heteroatoms. The zero-order valence-electron chi connectivity index (χ0n) is 12.3. The molecule has 0 aromatic heterocycles. The molecule has 0 bridgehead atoms. The van der Waals surface area contributed by atoms with E-state index in [1.807, 2.05) is 0 Å². The van der Waals surface area contributed by atoms with Crippen LogP contribution in [-0.2, 0) is 4.79 Å². The highest BCUT2D eigenvalue weighted by atomic mass is 16.6. The molecule has 1 aromatic rings. The van der Waals surface area contributed by atoms with Gasteiger partial charge >= 0.3 is 5.97 Å². The van der Waals surface area contributed by atoms with Crippen LogP contribution < -0.4 is 5.32 Å². The van der Waals surface area contributed by atoms with Crippen LogP contribution in [0.3, 0.4) is 0 Å². The van der Waals surface area contributed by atoms with Crippen LogP contribution in [0, 0.1) is 29.9 Å². The number of aryl methyl sites for hydroxylation is 2. The van der Waals surface area contributed by atoms with Crippen molar-refractivity contribution in [1.82, 2.24) is 5.32 Å². The molecule has 0 radical (unpaired) electrons. The number of nitro groups is 1. The number of carbonyl (C=O) groups excluding carboxylic acids is 1. The smallest absolute Gasteiger partial charge is 0.326 e. The fourth-order valence-electron chi connectivity index (χ4n) is 2.01. The number of hydrogen-bond donors (Lipinski definition) is 2. The van der Waals surface area contributed by atoms with Crippen LogP contribution in [0.15, 0.2) is 12.1 Å². The van der Waals surface area contributed by atoms with Crippen LogP contribution in [0.4, 0.5) is 5.69 Å². The molecule has 1 unspecified atom stereocenters. The molecule has 0 saturated carbocycles. The first kappa shape index (κ1) is 16.6. The van der Waals surface area contributed by atoms with E-state index in [9.17, 15) is 19.7 Å². The summed E-state index contributed by atoms with van der Waals surface area (Å²) in [6.45, 7) is 6.57. The predicted molar refractivity (Wildman–Crippen MR) is 76.3 cm³/mol. The molecular weight excluding hydrogens is 276 g/mol. The molecule has 1 amide bonds. The van der Waals surface area contributed by atoms with E-state index in [0.717, 1.165) is 0 Å². The van der Waals surface area contributed by atoms with Gasteiger partial charge in [0.15, 0.2) is 0 Å². The second kappa shape index (κ2) is 6.34. The summed E-state index contributed by atoms with van der Waals surface area (Å²) in [6.07, 6.45) is 0. The van der Waals surface area contributed by atoms with E-state index in [-0.39, 0.29) is 17.2 Å². The Morgan fingerprint density at radius 1 is 1.24 bits per heavy atom. The highest BCUT2D eigenvalue weighted by Gasteiger charge is 2.26. The molecule has 0 aliphatic carbocycles. The van der Waals surface area contributed by atoms with Crippen LogP contribution in [0.5, 0.6) is 0 Å². The molecule has 0 fully saturated rings. The van der Waals surface area contributed by atoms with Gasteiger partial charge in [-0.05, 0) is 31.4 Å². The molecule has 0 aliphatic heterocycles. The number of nitro benzene ring substituents is 1. The van der Waals surface area contributed by atoms with Crippen LogP contribution >= 0.6 is 0 Å². The minimum atomic E-state index is -1.14.